The summed E-state index contributed by atoms with van der Waals surface area (Å²) in [7, 11) is 0. The third-order valence-electron chi connectivity index (χ3n) is 10.0. The van der Waals surface area contributed by atoms with Crippen molar-refractivity contribution < 1.29 is 0 Å². The quantitative estimate of drug-likeness (QED) is 0.176. The largest absolute Gasteiger partial charge is 0.359 e. The molecule has 0 fully saturated rings. The molecule has 0 saturated heterocycles. The molecule has 3 heterocycles. The van der Waals surface area contributed by atoms with Crippen molar-refractivity contribution in [2.45, 2.75) is 6.17 Å². The van der Waals surface area contributed by atoms with E-state index in [9.17, 15) is 0 Å². The number of rotatable bonds is 6. The highest BCUT2D eigenvalue weighted by Crippen LogP contribution is 2.53. The Labute approximate surface area is 307 Å². The Morgan fingerprint density at radius 2 is 0.887 bits per heavy atom. The van der Waals surface area contributed by atoms with Gasteiger partial charge in [-0.25, -0.2) is 15.0 Å². The van der Waals surface area contributed by atoms with Crippen LogP contribution in [0.2, 0.25) is 0 Å². The van der Waals surface area contributed by atoms with E-state index in [1.807, 2.05) is 73.1 Å². The van der Waals surface area contributed by atoms with Gasteiger partial charge in [-0.3, -0.25) is 4.98 Å². The third kappa shape index (κ3) is 5.45. The van der Waals surface area contributed by atoms with Crippen LogP contribution in [0, 0.1) is 0 Å². The maximum Gasteiger partial charge on any atom is 0.164 e. The number of hydrogen-bond donors (Lipinski definition) is 1. The van der Waals surface area contributed by atoms with Gasteiger partial charge in [0.1, 0.15) is 6.17 Å². The van der Waals surface area contributed by atoms with Gasteiger partial charge in [-0.05, 0) is 45.7 Å². The number of pyridine rings is 1. The van der Waals surface area contributed by atoms with Gasteiger partial charge in [0.05, 0.1) is 11.4 Å². The number of hydrogen-bond acceptors (Lipinski definition) is 6. The Morgan fingerprint density at radius 1 is 0.415 bits per heavy atom. The SMILES string of the molecule is c1ccc(-c2nc(-c3ccccc3)nc(-c3ccc(-c4ccc(C5Nc6c(c7cnccc7c7ccccc67)N5c5ccccc5)cc4)cc3)n2)cc1. The fraction of sp³-hybridized carbons (Fsp3) is 0.0213. The molecule has 10 rings (SSSR count). The Morgan fingerprint density at radius 3 is 1.49 bits per heavy atom. The molecule has 9 aromatic rings. The van der Waals surface area contributed by atoms with Gasteiger partial charge in [0.25, 0.3) is 0 Å². The van der Waals surface area contributed by atoms with Crippen molar-refractivity contribution >= 4 is 38.6 Å². The average molecular weight is 681 g/mol. The molecule has 1 unspecified atom stereocenters. The molecule has 1 atom stereocenters. The molecule has 2 aromatic heterocycles. The molecular weight excluding hydrogens is 649 g/mol. The zero-order chi connectivity index (χ0) is 35.1. The van der Waals surface area contributed by atoms with Crippen LogP contribution in [0.5, 0.6) is 0 Å². The van der Waals surface area contributed by atoms with Gasteiger partial charge < -0.3 is 10.2 Å². The summed E-state index contributed by atoms with van der Waals surface area (Å²) in [5.41, 5.74) is 9.64. The number of para-hydroxylation sites is 1. The summed E-state index contributed by atoms with van der Waals surface area (Å²) < 4.78 is 0. The van der Waals surface area contributed by atoms with E-state index >= 15 is 0 Å². The molecule has 0 aliphatic carbocycles. The van der Waals surface area contributed by atoms with Crippen LogP contribution in [0.25, 0.3) is 66.8 Å². The van der Waals surface area contributed by atoms with Crippen LogP contribution in [0.1, 0.15) is 11.7 Å². The van der Waals surface area contributed by atoms with Gasteiger partial charge in [-0.2, -0.15) is 0 Å². The molecule has 0 bridgehead atoms. The van der Waals surface area contributed by atoms with E-state index in [0.29, 0.717) is 17.5 Å². The van der Waals surface area contributed by atoms with Crippen LogP contribution in [-0.2, 0) is 0 Å². The van der Waals surface area contributed by atoms with Crippen LogP contribution < -0.4 is 10.2 Å². The van der Waals surface area contributed by atoms with Crippen LogP contribution in [0.4, 0.5) is 17.1 Å². The lowest BCUT2D eigenvalue weighted by atomic mass is 9.99. The van der Waals surface area contributed by atoms with Crippen LogP contribution >= 0.6 is 0 Å². The smallest absolute Gasteiger partial charge is 0.164 e. The summed E-state index contributed by atoms with van der Waals surface area (Å²) in [6.07, 6.45) is 3.77. The third-order valence-corrected chi connectivity index (χ3v) is 10.0. The lowest BCUT2D eigenvalue weighted by molar-refractivity contribution is 0.830. The molecule has 1 aliphatic heterocycles. The van der Waals surface area contributed by atoms with E-state index in [-0.39, 0.29) is 6.17 Å². The number of fused-ring (bicyclic) bond motifs is 6. The minimum atomic E-state index is -0.112. The first kappa shape index (κ1) is 30.6. The van der Waals surface area contributed by atoms with Gasteiger partial charge in [0, 0.05) is 45.5 Å². The van der Waals surface area contributed by atoms with E-state index in [4.69, 9.17) is 15.0 Å². The Kier molecular flexibility index (Phi) is 7.43. The maximum absolute atomic E-state index is 4.91. The molecule has 53 heavy (non-hydrogen) atoms. The van der Waals surface area contributed by atoms with Gasteiger partial charge >= 0.3 is 0 Å². The van der Waals surface area contributed by atoms with E-state index in [2.05, 4.69) is 124 Å². The van der Waals surface area contributed by atoms with Gasteiger partial charge in [0.2, 0.25) is 0 Å². The second kappa shape index (κ2) is 12.9. The summed E-state index contributed by atoms with van der Waals surface area (Å²) in [6, 6.07) is 58.8. The Bertz CT molecular complexity index is 2680. The molecule has 7 aromatic carbocycles. The van der Waals surface area contributed by atoms with Crippen molar-refractivity contribution in [3.8, 4) is 45.3 Å². The number of anilines is 3. The fourth-order valence-corrected chi connectivity index (χ4v) is 7.45. The topological polar surface area (TPSA) is 66.8 Å². The molecule has 250 valence electrons. The first-order valence-corrected chi connectivity index (χ1v) is 17.8. The standard InChI is InChI=1S/C47H32N6/c1-4-12-33(13-5-1)44-50-45(34-14-6-2-7-15-34)52-46(51-44)35-24-20-31(21-25-35)32-22-26-36(27-23-32)47-49-42-40-19-11-10-18-38(40)39-28-29-48-30-41(39)43(42)53(47)37-16-8-3-9-17-37/h1-30,47,49H. The van der Waals surface area contributed by atoms with Crippen molar-refractivity contribution in [1.29, 1.82) is 0 Å². The summed E-state index contributed by atoms with van der Waals surface area (Å²) in [4.78, 5) is 21.6. The first-order valence-electron chi connectivity index (χ1n) is 17.8. The van der Waals surface area contributed by atoms with Crippen molar-refractivity contribution in [3.63, 3.8) is 0 Å². The summed E-state index contributed by atoms with van der Waals surface area (Å²) in [6.45, 7) is 0. The van der Waals surface area contributed by atoms with E-state index in [0.717, 1.165) is 50.3 Å². The lowest BCUT2D eigenvalue weighted by Crippen LogP contribution is -2.23. The molecule has 0 spiro atoms. The zero-order valence-electron chi connectivity index (χ0n) is 28.6. The van der Waals surface area contributed by atoms with Crippen LogP contribution in [0.15, 0.2) is 182 Å². The van der Waals surface area contributed by atoms with E-state index in [1.54, 1.807) is 0 Å². The lowest BCUT2D eigenvalue weighted by Gasteiger charge is -2.28. The highest BCUT2D eigenvalue weighted by atomic mass is 15.3. The van der Waals surface area contributed by atoms with E-state index in [1.165, 1.54) is 21.7 Å². The summed E-state index contributed by atoms with van der Waals surface area (Å²) in [5, 5.41) is 8.67. The zero-order valence-corrected chi connectivity index (χ0v) is 28.6. The molecule has 0 amide bonds. The molecule has 6 nitrogen and oxygen atoms in total. The Hall–Kier alpha value is -7.18. The predicted molar refractivity (Wildman–Crippen MR) is 216 cm³/mol. The number of benzene rings is 7. The molecule has 1 aliphatic rings. The minimum Gasteiger partial charge on any atom is -0.359 e. The summed E-state index contributed by atoms with van der Waals surface area (Å²) >= 11 is 0. The molecule has 1 N–H and O–H groups in total. The Balaban J connectivity index is 1.00. The molecule has 0 saturated carbocycles. The molecule has 0 radical (unpaired) electrons. The second-order valence-corrected chi connectivity index (χ2v) is 13.2. The predicted octanol–water partition coefficient (Wildman–Crippen LogP) is 11.5. The van der Waals surface area contributed by atoms with Gasteiger partial charge in [-0.15, -0.1) is 0 Å². The number of aromatic nitrogens is 4. The van der Waals surface area contributed by atoms with Crippen molar-refractivity contribution in [2.75, 3.05) is 10.2 Å². The molecular formula is C47H32N6. The van der Waals surface area contributed by atoms with Crippen LogP contribution in [-0.4, -0.2) is 19.9 Å². The fourth-order valence-electron chi connectivity index (χ4n) is 7.45. The number of nitrogens with zero attached hydrogens (tertiary/aromatic N) is 5. The maximum atomic E-state index is 4.91. The molecule has 6 heteroatoms. The normalized spacial score (nSPS) is 13.6. The summed E-state index contributed by atoms with van der Waals surface area (Å²) in [5.74, 6) is 1.94. The highest BCUT2D eigenvalue weighted by Gasteiger charge is 2.34. The second-order valence-electron chi connectivity index (χ2n) is 13.2. The van der Waals surface area contributed by atoms with Crippen LogP contribution in [0.3, 0.4) is 0 Å². The van der Waals surface area contributed by atoms with Crippen molar-refractivity contribution in [1.82, 2.24) is 19.9 Å². The average Bonchev–Trinajstić information content (AvgIpc) is 3.66. The first-order chi connectivity index (χ1) is 26.3. The highest BCUT2D eigenvalue weighted by molar-refractivity contribution is 6.22. The monoisotopic (exact) mass is 680 g/mol. The van der Waals surface area contributed by atoms with Crippen molar-refractivity contribution in [2.24, 2.45) is 0 Å². The minimum absolute atomic E-state index is 0.112. The number of nitrogens with one attached hydrogen (secondary N) is 1. The van der Waals surface area contributed by atoms with Crippen molar-refractivity contribution in [3.05, 3.63) is 188 Å². The van der Waals surface area contributed by atoms with Gasteiger partial charge in [0.15, 0.2) is 17.5 Å². The van der Waals surface area contributed by atoms with Gasteiger partial charge in [-0.1, -0.05) is 152 Å². The van der Waals surface area contributed by atoms with E-state index < -0.39 is 0 Å².